The normalized spacial score (nSPS) is 10.4. The zero-order valence-corrected chi connectivity index (χ0v) is 13.2. The quantitative estimate of drug-likeness (QED) is 0.400. The number of nitrogens with one attached hydrogen (secondary N) is 2. The van der Waals surface area contributed by atoms with Crippen LogP contribution in [-0.4, -0.2) is 25.5 Å². The third kappa shape index (κ3) is 6.47. The van der Waals surface area contributed by atoms with Crippen LogP contribution in [0.25, 0.3) is 0 Å². The second kappa shape index (κ2) is 8.29. The van der Waals surface area contributed by atoms with Gasteiger partial charge in [-0.25, -0.2) is 0 Å². The molecule has 0 heterocycles. The van der Waals surface area contributed by atoms with E-state index in [0.29, 0.717) is 0 Å². The maximum Gasteiger partial charge on any atom is 0.243 e. The molecule has 0 saturated heterocycles. The van der Waals surface area contributed by atoms with Crippen LogP contribution in [0.5, 0.6) is 0 Å². The van der Waals surface area contributed by atoms with E-state index in [-0.39, 0.29) is 42.4 Å². The van der Waals surface area contributed by atoms with Crippen molar-refractivity contribution < 1.29 is 4.79 Å². The molecule has 0 unspecified atom stereocenters. The van der Waals surface area contributed by atoms with Gasteiger partial charge in [0.25, 0.3) is 0 Å². The standard InChI is InChI=1S/C10H13BrN4O.HI/c1-13-10(12)14-6-9(16)15-8-4-2-3-7(11)5-8;/h2-5H,6H2,1H3,(H,15,16)(H3,12,13,14);1H. The largest absolute Gasteiger partial charge is 0.370 e. The number of carbonyl (C=O) groups is 1. The van der Waals surface area contributed by atoms with E-state index in [2.05, 4.69) is 31.6 Å². The maximum absolute atomic E-state index is 11.4. The number of nitrogens with zero attached hydrogens (tertiary/aromatic N) is 1. The lowest BCUT2D eigenvalue weighted by Gasteiger charge is -2.06. The predicted molar refractivity (Wildman–Crippen MR) is 83.7 cm³/mol. The molecule has 5 nitrogen and oxygen atoms in total. The zero-order valence-electron chi connectivity index (χ0n) is 9.24. The number of guanidine groups is 1. The summed E-state index contributed by atoms with van der Waals surface area (Å²) in [6, 6.07) is 7.35. The average molecular weight is 413 g/mol. The monoisotopic (exact) mass is 412 g/mol. The van der Waals surface area contributed by atoms with E-state index in [1.165, 1.54) is 0 Å². The summed E-state index contributed by atoms with van der Waals surface area (Å²) in [5.41, 5.74) is 6.12. The molecule has 0 aliphatic carbocycles. The summed E-state index contributed by atoms with van der Waals surface area (Å²) in [7, 11) is 1.55. The third-order valence-corrected chi connectivity index (χ3v) is 2.27. The Hall–Kier alpha value is -0.830. The number of halogens is 2. The molecule has 7 heteroatoms. The second-order valence-electron chi connectivity index (χ2n) is 3.02. The van der Waals surface area contributed by atoms with Crippen molar-refractivity contribution in [1.29, 1.82) is 0 Å². The molecule has 1 aromatic rings. The number of rotatable bonds is 3. The average Bonchev–Trinajstić information content (AvgIpc) is 2.26. The first-order valence-electron chi connectivity index (χ1n) is 4.63. The molecule has 0 saturated carbocycles. The second-order valence-corrected chi connectivity index (χ2v) is 3.94. The van der Waals surface area contributed by atoms with Crippen molar-refractivity contribution in [2.24, 2.45) is 10.7 Å². The summed E-state index contributed by atoms with van der Waals surface area (Å²) < 4.78 is 0.910. The van der Waals surface area contributed by atoms with E-state index >= 15 is 0 Å². The van der Waals surface area contributed by atoms with Gasteiger partial charge in [0.05, 0.1) is 6.54 Å². The highest BCUT2D eigenvalue weighted by Gasteiger charge is 2.02. The molecule has 0 bridgehead atoms. The van der Waals surface area contributed by atoms with E-state index < -0.39 is 0 Å². The Kier molecular flexibility index (Phi) is 7.88. The molecule has 0 aliphatic rings. The molecule has 17 heavy (non-hydrogen) atoms. The van der Waals surface area contributed by atoms with Crippen LogP contribution < -0.4 is 16.4 Å². The summed E-state index contributed by atoms with van der Waals surface area (Å²) in [4.78, 5) is 15.1. The van der Waals surface area contributed by atoms with Crippen molar-refractivity contribution in [2.75, 3.05) is 18.9 Å². The van der Waals surface area contributed by atoms with Crippen molar-refractivity contribution in [3.63, 3.8) is 0 Å². The van der Waals surface area contributed by atoms with Crippen LogP contribution in [0, 0.1) is 0 Å². The Morgan fingerprint density at radius 1 is 1.53 bits per heavy atom. The van der Waals surface area contributed by atoms with Gasteiger partial charge in [-0.3, -0.25) is 9.79 Å². The summed E-state index contributed by atoms with van der Waals surface area (Å²) in [5.74, 6) is 0.0640. The molecular weight excluding hydrogens is 399 g/mol. The molecular formula is C10H14BrIN4O. The molecule has 1 amide bonds. The maximum atomic E-state index is 11.4. The molecule has 1 rings (SSSR count). The predicted octanol–water partition coefficient (Wildman–Crippen LogP) is 1.54. The van der Waals surface area contributed by atoms with Gasteiger partial charge in [0, 0.05) is 17.2 Å². The number of amides is 1. The Morgan fingerprint density at radius 2 is 2.24 bits per heavy atom. The number of nitrogens with two attached hydrogens (primary N) is 1. The van der Waals surface area contributed by atoms with Crippen molar-refractivity contribution in [2.45, 2.75) is 0 Å². The van der Waals surface area contributed by atoms with Gasteiger partial charge in [-0.2, -0.15) is 0 Å². The molecule has 0 spiro atoms. The van der Waals surface area contributed by atoms with Crippen LogP contribution in [-0.2, 0) is 4.79 Å². The van der Waals surface area contributed by atoms with E-state index in [1.54, 1.807) is 13.1 Å². The highest BCUT2D eigenvalue weighted by Crippen LogP contribution is 2.15. The van der Waals surface area contributed by atoms with Crippen molar-refractivity contribution >= 4 is 57.5 Å². The fraction of sp³-hybridized carbons (Fsp3) is 0.200. The van der Waals surface area contributed by atoms with Gasteiger partial charge < -0.3 is 16.4 Å². The van der Waals surface area contributed by atoms with Crippen LogP contribution >= 0.6 is 39.9 Å². The first kappa shape index (κ1) is 16.2. The topological polar surface area (TPSA) is 79.5 Å². The molecule has 94 valence electrons. The first-order valence-corrected chi connectivity index (χ1v) is 5.42. The molecule has 0 radical (unpaired) electrons. The summed E-state index contributed by atoms with van der Waals surface area (Å²) in [6.45, 7) is 0.0929. The van der Waals surface area contributed by atoms with Crippen LogP contribution in [0.3, 0.4) is 0 Å². The number of anilines is 1. The lowest BCUT2D eigenvalue weighted by molar-refractivity contribution is -0.115. The lowest BCUT2D eigenvalue weighted by Crippen LogP contribution is -2.37. The molecule has 0 aliphatic heterocycles. The van der Waals surface area contributed by atoms with Crippen molar-refractivity contribution in [3.05, 3.63) is 28.7 Å². The number of hydrogen-bond donors (Lipinski definition) is 3. The third-order valence-electron chi connectivity index (χ3n) is 1.78. The van der Waals surface area contributed by atoms with E-state index in [4.69, 9.17) is 5.73 Å². The molecule has 0 atom stereocenters. The van der Waals surface area contributed by atoms with Crippen LogP contribution in [0.1, 0.15) is 0 Å². The summed E-state index contributed by atoms with van der Waals surface area (Å²) in [5, 5.41) is 5.39. The zero-order chi connectivity index (χ0) is 12.0. The fourth-order valence-electron chi connectivity index (χ4n) is 1.02. The first-order chi connectivity index (χ1) is 7.61. The van der Waals surface area contributed by atoms with Gasteiger partial charge in [0.15, 0.2) is 5.96 Å². The fourth-order valence-corrected chi connectivity index (χ4v) is 1.42. The Bertz CT molecular complexity index is 411. The minimum atomic E-state index is -0.176. The SMILES string of the molecule is CN=C(N)NCC(=O)Nc1cccc(Br)c1.I. The minimum Gasteiger partial charge on any atom is -0.370 e. The smallest absolute Gasteiger partial charge is 0.243 e. The number of aliphatic imine (C=N–C) groups is 1. The van der Waals surface area contributed by atoms with Crippen LogP contribution in [0.15, 0.2) is 33.7 Å². The highest BCUT2D eigenvalue weighted by molar-refractivity contribution is 14.0. The summed E-state index contributed by atoms with van der Waals surface area (Å²) >= 11 is 3.32. The molecule has 0 aromatic heterocycles. The van der Waals surface area contributed by atoms with Gasteiger partial charge in [0.1, 0.15) is 0 Å². The minimum absolute atomic E-state index is 0. The van der Waals surface area contributed by atoms with Gasteiger partial charge in [-0.15, -0.1) is 24.0 Å². The molecule has 0 fully saturated rings. The molecule has 1 aromatic carbocycles. The highest BCUT2D eigenvalue weighted by atomic mass is 127. The Labute approximate surface area is 125 Å². The van der Waals surface area contributed by atoms with Crippen molar-refractivity contribution in [3.8, 4) is 0 Å². The van der Waals surface area contributed by atoms with Gasteiger partial charge in [-0.05, 0) is 18.2 Å². The number of hydrogen-bond acceptors (Lipinski definition) is 2. The summed E-state index contributed by atoms with van der Waals surface area (Å²) in [6.07, 6.45) is 0. The van der Waals surface area contributed by atoms with Crippen LogP contribution in [0.4, 0.5) is 5.69 Å². The van der Waals surface area contributed by atoms with Gasteiger partial charge in [0.2, 0.25) is 5.91 Å². The van der Waals surface area contributed by atoms with Crippen molar-refractivity contribution in [1.82, 2.24) is 5.32 Å². The Balaban J connectivity index is 0.00000256. The molecule has 4 N–H and O–H groups in total. The van der Waals surface area contributed by atoms with Gasteiger partial charge >= 0.3 is 0 Å². The van der Waals surface area contributed by atoms with E-state index in [0.717, 1.165) is 10.2 Å². The number of carbonyl (C=O) groups excluding carboxylic acids is 1. The van der Waals surface area contributed by atoms with E-state index in [9.17, 15) is 4.79 Å². The van der Waals surface area contributed by atoms with Gasteiger partial charge in [-0.1, -0.05) is 22.0 Å². The van der Waals surface area contributed by atoms with E-state index in [1.807, 2.05) is 18.2 Å². The number of benzene rings is 1. The lowest BCUT2D eigenvalue weighted by atomic mass is 10.3. The van der Waals surface area contributed by atoms with Crippen LogP contribution in [0.2, 0.25) is 0 Å². The Morgan fingerprint density at radius 3 is 2.82 bits per heavy atom.